The Morgan fingerprint density at radius 1 is 1.05 bits per heavy atom. The lowest BCUT2D eigenvalue weighted by molar-refractivity contribution is 0.100. The van der Waals surface area contributed by atoms with Crippen LogP contribution in [0.4, 0.5) is 5.69 Å². The van der Waals surface area contributed by atoms with E-state index in [1.165, 1.54) is 55.6 Å². The first kappa shape index (κ1) is 15.3. The number of carbonyl (C=O) groups is 1. The van der Waals surface area contributed by atoms with E-state index >= 15 is 0 Å². The monoisotopic (exact) mass is 324 g/mol. The molecule has 0 atom stereocenters. The van der Waals surface area contributed by atoms with Crippen LogP contribution in [-0.2, 0) is 10.0 Å². The van der Waals surface area contributed by atoms with E-state index in [-0.39, 0.29) is 4.90 Å². The van der Waals surface area contributed by atoms with E-state index in [1.54, 1.807) is 0 Å². The molecule has 2 aromatic carbocycles. The lowest BCUT2D eigenvalue weighted by atomic mass is 10.2. The van der Waals surface area contributed by atoms with Gasteiger partial charge in [-0.1, -0.05) is 11.6 Å². The molecular formula is C14H13ClN2O3S. The summed E-state index contributed by atoms with van der Waals surface area (Å²) in [5.74, 6) is -0.565. The molecule has 0 aromatic heterocycles. The highest BCUT2D eigenvalue weighted by Crippen LogP contribution is 2.23. The third kappa shape index (κ3) is 3.17. The summed E-state index contributed by atoms with van der Waals surface area (Å²) in [4.78, 5) is 11.1. The molecule has 0 radical (unpaired) electrons. The van der Waals surface area contributed by atoms with Gasteiger partial charge in [0.05, 0.1) is 10.6 Å². The van der Waals surface area contributed by atoms with Gasteiger partial charge < -0.3 is 5.73 Å². The molecule has 0 bridgehead atoms. The molecule has 2 N–H and O–H groups in total. The maximum absolute atomic E-state index is 12.5. The highest BCUT2D eigenvalue weighted by Gasteiger charge is 2.21. The van der Waals surface area contributed by atoms with Crippen LogP contribution >= 0.6 is 11.6 Å². The normalized spacial score (nSPS) is 11.1. The van der Waals surface area contributed by atoms with Crippen molar-refractivity contribution in [1.29, 1.82) is 0 Å². The Hall–Kier alpha value is -2.05. The SMILES string of the molecule is CN(c1ccc(C(N)=O)cc1)S(=O)(=O)c1ccc(Cl)cc1. The molecule has 0 saturated heterocycles. The van der Waals surface area contributed by atoms with Gasteiger partial charge in [-0.15, -0.1) is 0 Å². The fourth-order valence-corrected chi connectivity index (χ4v) is 3.06. The maximum atomic E-state index is 12.5. The first-order chi connectivity index (χ1) is 9.82. The molecule has 0 saturated carbocycles. The molecule has 0 aliphatic rings. The Morgan fingerprint density at radius 2 is 1.57 bits per heavy atom. The van der Waals surface area contributed by atoms with Gasteiger partial charge in [0.1, 0.15) is 0 Å². The van der Waals surface area contributed by atoms with Crippen molar-refractivity contribution in [1.82, 2.24) is 0 Å². The number of halogens is 1. The smallest absolute Gasteiger partial charge is 0.264 e. The molecule has 0 unspecified atom stereocenters. The Labute approximate surface area is 128 Å². The first-order valence-corrected chi connectivity index (χ1v) is 7.78. The molecular weight excluding hydrogens is 312 g/mol. The summed E-state index contributed by atoms with van der Waals surface area (Å²) in [5.41, 5.74) is 5.89. The predicted octanol–water partition coefficient (Wildman–Crippen LogP) is 2.26. The molecule has 21 heavy (non-hydrogen) atoms. The van der Waals surface area contributed by atoms with Gasteiger partial charge in [-0.2, -0.15) is 0 Å². The van der Waals surface area contributed by atoms with Crippen LogP contribution < -0.4 is 10.0 Å². The zero-order valence-corrected chi connectivity index (χ0v) is 12.7. The average Bonchev–Trinajstić information content (AvgIpc) is 2.47. The van der Waals surface area contributed by atoms with Crippen LogP contribution in [0.1, 0.15) is 10.4 Å². The van der Waals surface area contributed by atoms with Crippen molar-refractivity contribution in [3.8, 4) is 0 Å². The molecule has 0 spiro atoms. The largest absolute Gasteiger partial charge is 0.366 e. The van der Waals surface area contributed by atoms with Gasteiger partial charge in [0, 0.05) is 17.6 Å². The number of benzene rings is 2. The van der Waals surface area contributed by atoms with Gasteiger partial charge >= 0.3 is 0 Å². The number of hydrogen-bond acceptors (Lipinski definition) is 3. The van der Waals surface area contributed by atoms with Crippen LogP contribution in [0.25, 0.3) is 0 Å². The number of rotatable bonds is 4. The third-order valence-corrected chi connectivity index (χ3v) is 5.04. The Bertz CT molecular complexity index is 756. The Balaban J connectivity index is 2.35. The lowest BCUT2D eigenvalue weighted by Crippen LogP contribution is -2.26. The molecule has 0 fully saturated rings. The molecule has 2 aromatic rings. The number of carbonyl (C=O) groups excluding carboxylic acids is 1. The summed E-state index contributed by atoms with van der Waals surface area (Å²) in [6, 6.07) is 11.9. The summed E-state index contributed by atoms with van der Waals surface area (Å²) in [5, 5.41) is 0.461. The lowest BCUT2D eigenvalue weighted by Gasteiger charge is -2.19. The second-order valence-electron chi connectivity index (χ2n) is 4.34. The second kappa shape index (κ2) is 5.75. The second-order valence-corrected chi connectivity index (χ2v) is 6.74. The van der Waals surface area contributed by atoms with E-state index in [4.69, 9.17) is 17.3 Å². The van der Waals surface area contributed by atoms with Crippen LogP contribution in [0.15, 0.2) is 53.4 Å². The first-order valence-electron chi connectivity index (χ1n) is 5.97. The van der Waals surface area contributed by atoms with E-state index in [1.807, 2.05) is 0 Å². The van der Waals surface area contributed by atoms with Crippen LogP contribution in [0.2, 0.25) is 5.02 Å². The van der Waals surface area contributed by atoms with Crippen LogP contribution in [0, 0.1) is 0 Å². The van der Waals surface area contributed by atoms with E-state index < -0.39 is 15.9 Å². The predicted molar refractivity (Wildman–Crippen MR) is 82.0 cm³/mol. The van der Waals surface area contributed by atoms with Gasteiger partial charge in [0.2, 0.25) is 5.91 Å². The standard InChI is InChI=1S/C14H13ClN2O3S/c1-17(12-6-2-10(3-7-12)14(16)18)21(19,20)13-8-4-11(15)5-9-13/h2-9H,1H3,(H2,16,18). The minimum atomic E-state index is -3.68. The topological polar surface area (TPSA) is 80.5 Å². The molecule has 2 rings (SSSR count). The summed E-state index contributed by atoms with van der Waals surface area (Å²) in [6.07, 6.45) is 0. The summed E-state index contributed by atoms with van der Waals surface area (Å²) < 4.78 is 26.0. The number of amides is 1. The van der Waals surface area contributed by atoms with Gasteiger partial charge in [0.15, 0.2) is 0 Å². The van der Waals surface area contributed by atoms with Gasteiger partial charge in [0.25, 0.3) is 10.0 Å². The fraction of sp³-hybridized carbons (Fsp3) is 0.0714. The van der Waals surface area contributed by atoms with Crippen molar-refractivity contribution in [3.05, 3.63) is 59.1 Å². The number of sulfonamides is 1. The number of nitrogens with two attached hydrogens (primary N) is 1. The molecule has 110 valence electrons. The van der Waals surface area contributed by atoms with Crippen molar-refractivity contribution in [3.63, 3.8) is 0 Å². The third-order valence-electron chi connectivity index (χ3n) is 2.99. The highest BCUT2D eigenvalue weighted by molar-refractivity contribution is 7.92. The molecule has 7 heteroatoms. The maximum Gasteiger partial charge on any atom is 0.264 e. The quantitative estimate of drug-likeness (QED) is 0.936. The molecule has 1 amide bonds. The van der Waals surface area contributed by atoms with Gasteiger partial charge in [-0.3, -0.25) is 9.10 Å². The van der Waals surface area contributed by atoms with E-state index in [0.29, 0.717) is 16.3 Å². The molecule has 5 nitrogen and oxygen atoms in total. The summed E-state index contributed by atoms with van der Waals surface area (Å²) >= 11 is 5.75. The van der Waals surface area contributed by atoms with Gasteiger partial charge in [-0.05, 0) is 48.5 Å². The number of nitrogens with zero attached hydrogens (tertiary/aromatic N) is 1. The van der Waals surface area contributed by atoms with Crippen molar-refractivity contribution in [2.45, 2.75) is 4.90 Å². The summed E-state index contributed by atoms with van der Waals surface area (Å²) in [6.45, 7) is 0. The molecule has 0 aliphatic heterocycles. The van der Waals surface area contributed by atoms with Crippen LogP contribution in [-0.4, -0.2) is 21.4 Å². The molecule has 0 aliphatic carbocycles. The van der Waals surface area contributed by atoms with Crippen molar-refractivity contribution in [2.24, 2.45) is 5.73 Å². The fourth-order valence-electron chi connectivity index (χ4n) is 1.74. The van der Waals surface area contributed by atoms with Crippen LogP contribution in [0.3, 0.4) is 0 Å². The highest BCUT2D eigenvalue weighted by atomic mass is 35.5. The van der Waals surface area contributed by atoms with E-state index in [9.17, 15) is 13.2 Å². The number of primary amides is 1. The van der Waals surface area contributed by atoms with E-state index in [2.05, 4.69) is 0 Å². The Morgan fingerprint density at radius 3 is 2.05 bits per heavy atom. The average molecular weight is 325 g/mol. The zero-order valence-electron chi connectivity index (χ0n) is 11.2. The number of anilines is 1. The van der Waals surface area contributed by atoms with Crippen molar-refractivity contribution >= 4 is 33.2 Å². The minimum Gasteiger partial charge on any atom is -0.366 e. The van der Waals surface area contributed by atoms with Gasteiger partial charge in [-0.25, -0.2) is 8.42 Å². The van der Waals surface area contributed by atoms with Crippen LogP contribution in [0.5, 0.6) is 0 Å². The summed E-state index contributed by atoms with van der Waals surface area (Å²) in [7, 11) is -2.25. The van der Waals surface area contributed by atoms with E-state index in [0.717, 1.165) is 4.31 Å². The van der Waals surface area contributed by atoms with Crippen molar-refractivity contribution in [2.75, 3.05) is 11.4 Å². The Kier molecular flexibility index (Phi) is 4.20. The zero-order chi connectivity index (χ0) is 15.6. The number of hydrogen-bond donors (Lipinski definition) is 1. The minimum absolute atomic E-state index is 0.133. The molecule has 0 heterocycles. The van der Waals surface area contributed by atoms with Crippen molar-refractivity contribution < 1.29 is 13.2 Å².